The molecular formula is C20H21FN4. The van der Waals surface area contributed by atoms with E-state index in [2.05, 4.69) is 32.7 Å². The van der Waals surface area contributed by atoms with Crippen LogP contribution in [-0.4, -0.2) is 16.5 Å². The lowest BCUT2D eigenvalue weighted by Gasteiger charge is -2.10. The van der Waals surface area contributed by atoms with Gasteiger partial charge in [-0.25, -0.2) is 9.37 Å². The van der Waals surface area contributed by atoms with E-state index in [1.807, 2.05) is 37.3 Å². The second-order valence-corrected chi connectivity index (χ2v) is 5.83. The van der Waals surface area contributed by atoms with Crippen molar-refractivity contribution in [3.63, 3.8) is 0 Å². The molecule has 0 radical (unpaired) electrons. The minimum absolute atomic E-state index is 0.233. The van der Waals surface area contributed by atoms with Gasteiger partial charge in [-0.05, 0) is 25.0 Å². The maximum atomic E-state index is 13.7. The van der Waals surface area contributed by atoms with Crippen LogP contribution in [0.15, 0.2) is 60.7 Å². The number of nitrogens with zero attached hydrogens (tertiary/aromatic N) is 2. The van der Waals surface area contributed by atoms with Gasteiger partial charge in [-0.3, -0.25) is 0 Å². The van der Waals surface area contributed by atoms with Gasteiger partial charge in [-0.15, -0.1) is 0 Å². The first-order valence-electron chi connectivity index (χ1n) is 8.31. The molecule has 0 bridgehead atoms. The zero-order valence-electron chi connectivity index (χ0n) is 14.2. The second-order valence-electron chi connectivity index (χ2n) is 5.83. The quantitative estimate of drug-likeness (QED) is 0.679. The molecule has 2 aromatic carbocycles. The first-order valence-corrected chi connectivity index (χ1v) is 8.31. The van der Waals surface area contributed by atoms with Gasteiger partial charge < -0.3 is 10.6 Å². The standard InChI is InChI=1S/C20H21FN4/c1-15-13-19(22-12-11-16-7-3-2-4-8-16)25-20(24-15)23-14-17-9-5-6-10-18(17)21/h2-10,13H,11-12,14H2,1H3,(H2,22,23,24,25). The third kappa shape index (κ3) is 5.01. The predicted molar refractivity (Wildman–Crippen MR) is 99.1 cm³/mol. The maximum absolute atomic E-state index is 13.7. The van der Waals surface area contributed by atoms with Crippen LogP contribution in [0.2, 0.25) is 0 Å². The van der Waals surface area contributed by atoms with Crippen molar-refractivity contribution in [2.24, 2.45) is 0 Å². The number of aryl methyl sites for hydroxylation is 1. The van der Waals surface area contributed by atoms with Crippen LogP contribution in [0.5, 0.6) is 0 Å². The van der Waals surface area contributed by atoms with Crippen molar-refractivity contribution in [2.45, 2.75) is 19.9 Å². The number of rotatable bonds is 7. The minimum atomic E-state index is -0.233. The van der Waals surface area contributed by atoms with Crippen LogP contribution in [0.4, 0.5) is 16.2 Å². The molecular weight excluding hydrogens is 315 g/mol. The van der Waals surface area contributed by atoms with Crippen molar-refractivity contribution >= 4 is 11.8 Å². The van der Waals surface area contributed by atoms with E-state index in [1.165, 1.54) is 11.6 Å². The molecule has 0 saturated heterocycles. The number of anilines is 2. The largest absolute Gasteiger partial charge is 0.370 e. The van der Waals surface area contributed by atoms with E-state index in [0.29, 0.717) is 18.1 Å². The lowest BCUT2D eigenvalue weighted by molar-refractivity contribution is 0.612. The Labute approximate surface area is 147 Å². The van der Waals surface area contributed by atoms with Crippen molar-refractivity contribution in [3.8, 4) is 0 Å². The number of benzene rings is 2. The lowest BCUT2D eigenvalue weighted by Crippen LogP contribution is -2.10. The van der Waals surface area contributed by atoms with Crippen molar-refractivity contribution < 1.29 is 4.39 Å². The van der Waals surface area contributed by atoms with Gasteiger partial charge in [0.15, 0.2) is 0 Å². The van der Waals surface area contributed by atoms with E-state index >= 15 is 0 Å². The molecule has 3 rings (SSSR count). The molecule has 1 aromatic heterocycles. The fourth-order valence-corrected chi connectivity index (χ4v) is 2.53. The highest BCUT2D eigenvalue weighted by Crippen LogP contribution is 2.12. The Morgan fingerprint density at radius 2 is 1.68 bits per heavy atom. The zero-order valence-corrected chi connectivity index (χ0v) is 14.2. The molecule has 128 valence electrons. The Balaban J connectivity index is 1.59. The Hall–Kier alpha value is -2.95. The summed E-state index contributed by atoms with van der Waals surface area (Å²) in [5.41, 5.74) is 2.72. The van der Waals surface area contributed by atoms with Crippen molar-refractivity contribution in [3.05, 3.63) is 83.3 Å². The van der Waals surface area contributed by atoms with E-state index in [4.69, 9.17) is 0 Å². The van der Waals surface area contributed by atoms with Crippen molar-refractivity contribution in [2.75, 3.05) is 17.2 Å². The van der Waals surface area contributed by atoms with Gasteiger partial charge in [0.2, 0.25) is 5.95 Å². The van der Waals surface area contributed by atoms with Gasteiger partial charge in [0.1, 0.15) is 11.6 Å². The van der Waals surface area contributed by atoms with Gasteiger partial charge in [0.25, 0.3) is 0 Å². The molecule has 0 saturated carbocycles. The molecule has 1 heterocycles. The Morgan fingerprint density at radius 3 is 2.48 bits per heavy atom. The summed E-state index contributed by atoms with van der Waals surface area (Å²) in [6.07, 6.45) is 0.919. The SMILES string of the molecule is Cc1cc(NCCc2ccccc2)nc(NCc2ccccc2F)n1. The van der Waals surface area contributed by atoms with Crippen LogP contribution in [0.1, 0.15) is 16.8 Å². The maximum Gasteiger partial charge on any atom is 0.225 e. The molecule has 0 atom stereocenters. The number of nitrogens with one attached hydrogen (secondary N) is 2. The van der Waals surface area contributed by atoms with Crippen LogP contribution < -0.4 is 10.6 Å². The zero-order chi connectivity index (χ0) is 17.5. The van der Waals surface area contributed by atoms with Crippen LogP contribution in [0.25, 0.3) is 0 Å². The van der Waals surface area contributed by atoms with E-state index in [9.17, 15) is 4.39 Å². The molecule has 25 heavy (non-hydrogen) atoms. The van der Waals surface area contributed by atoms with Gasteiger partial charge in [0, 0.05) is 30.4 Å². The molecule has 3 aromatic rings. The Morgan fingerprint density at radius 1 is 0.920 bits per heavy atom. The third-order valence-electron chi connectivity index (χ3n) is 3.81. The Bertz CT molecular complexity index is 821. The van der Waals surface area contributed by atoms with Gasteiger partial charge in [0.05, 0.1) is 0 Å². The summed E-state index contributed by atoms with van der Waals surface area (Å²) < 4.78 is 13.7. The third-order valence-corrected chi connectivity index (χ3v) is 3.81. The van der Waals surface area contributed by atoms with Crippen LogP contribution >= 0.6 is 0 Å². The first kappa shape index (κ1) is 16.9. The average Bonchev–Trinajstić information content (AvgIpc) is 2.62. The molecule has 0 fully saturated rings. The average molecular weight is 336 g/mol. The molecule has 0 aliphatic heterocycles. The highest BCUT2D eigenvalue weighted by atomic mass is 19.1. The van der Waals surface area contributed by atoms with Crippen molar-refractivity contribution in [1.29, 1.82) is 0 Å². The van der Waals surface area contributed by atoms with Crippen LogP contribution in [-0.2, 0) is 13.0 Å². The fourth-order valence-electron chi connectivity index (χ4n) is 2.53. The highest BCUT2D eigenvalue weighted by Gasteiger charge is 2.04. The molecule has 2 N–H and O–H groups in total. The van der Waals surface area contributed by atoms with Crippen LogP contribution in [0.3, 0.4) is 0 Å². The van der Waals surface area contributed by atoms with Gasteiger partial charge >= 0.3 is 0 Å². The number of aromatic nitrogens is 2. The van der Waals surface area contributed by atoms with E-state index < -0.39 is 0 Å². The van der Waals surface area contributed by atoms with Crippen molar-refractivity contribution in [1.82, 2.24) is 9.97 Å². The summed E-state index contributed by atoms with van der Waals surface area (Å²) in [5, 5.41) is 6.41. The normalized spacial score (nSPS) is 10.5. The first-order chi connectivity index (χ1) is 12.2. The summed E-state index contributed by atoms with van der Waals surface area (Å²) in [6.45, 7) is 3.05. The molecule has 5 heteroatoms. The number of halogens is 1. The monoisotopic (exact) mass is 336 g/mol. The second kappa shape index (κ2) is 8.24. The number of hydrogen-bond acceptors (Lipinski definition) is 4. The number of hydrogen-bond donors (Lipinski definition) is 2. The summed E-state index contributed by atoms with van der Waals surface area (Å²) in [5.74, 6) is 1.02. The lowest BCUT2D eigenvalue weighted by atomic mass is 10.1. The molecule has 0 aliphatic rings. The summed E-state index contributed by atoms with van der Waals surface area (Å²) in [7, 11) is 0. The van der Waals surface area contributed by atoms with E-state index in [0.717, 1.165) is 24.5 Å². The molecule has 0 amide bonds. The molecule has 0 spiro atoms. The smallest absolute Gasteiger partial charge is 0.225 e. The molecule has 0 unspecified atom stereocenters. The Kier molecular flexibility index (Phi) is 5.57. The topological polar surface area (TPSA) is 49.8 Å². The summed E-state index contributed by atoms with van der Waals surface area (Å²) in [4.78, 5) is 8.81. The van der Waals surface area contributed by atoms with E-state index in [1.54, 1.807) is 12.1 Å². The molecule has 0 aliphatic carbocycles. The minimum Gasteiger partial charge on any atom is -0.370 e. The van der Waals surface area contributed by atoms with E-state index in [-0.39, 0.29) is 5.82 Å². The highest BCUT2D eigenvalue weighted by molar-refractivity contribution is 5.42. The van der Waals surface area contributed by atoms with Crippen LogP contribution in [0, 0.1) is 12.7 Å². The van der Waals surface area contributed by atoms with Gasteiger partial charge in [-0.1, -0.05) is 48.5 Å². The van der Waals surface area contributed by atoms with Gasteiger partial charge in [-0.2, -0.15) is 4.98 Å². The summed E-state index contributed by atoms with van der Waals surface area (Å²) >= 11 is 0. The molecule has 4 nitrogen and oxygen atoms in total. The fraction of sp³-hybridized carbons (Fsp3) is 0.200. The predicted octanol–water partition coefficient (Wildman–Crippen LogP) is 4.19. The summed E-state index contributed by atoms with van der Waals surface area (Å²) in [6, 6.07) is 18.9.